The topological polar surface area (TPSA) is 58.2 Å². The van der Waals surface area contributed by atoms with E-state index in [4.69, 9.17) is 0 Å². The molecule has 0 saturated heterocycles. The third-order valence-electron chi connectivity index (χ3n) is 3.41. The Hall–Kier alpha value is -2.05. The average molecular weight is 316 g/mol. The van der Waals surface area contributed by atoms with E-state index in [0.29, 0.717) is 12.5 Å². The highest BCUT2D eigenvalue weighted by Crippen LogP contribution is 2.23. The monoisotopic (exact) mass is 316 g/mol. The van der Waals surface area contributed by atoms with Gasteiger partial charge in [-0.25, -0.2) is 13.2 Å². The fourth-order valence-corrected chi connectivity index (χ4v) is 1.51. The first-order chi connectivity index (χ1) is 10.1. The molecule has 0 aliphatic carbocycles. The molecule has 0 heterocycles. The molecule has 1 aromatic rings. The summed E-state index contributed by atoms with van der Waals surface area (Å²) in [4.78, 5) is 24.2. The fraction of sp³-hybridized carbons (Fsp3) is 0.467. The molecule has 122 valence electrons. The van der Waals surface area contributed by atoms with Crippen molar-refractivity contribution in [2.75, 3.05) is 5.32 Å². The molecule has 22 heavy (non-hydrogen) atoms. The molecule has 2 N–H and O–H groups in total. The predicted octanol–water partition coefficient (Wildman–Crippen LogP) is 2.98. The van der Waals surface area contributed by atoms with Gasteiger partial charge in [-0.2, -0.15) is 0 Å². The lowest BCUT2D eigenvalue weighted by Crippen LogP contribution is -2.47. The van der Waals surface area contributed by atoms with Crippen molar-refractivity contribution in [3.05, 3.63) is 29.6 Å². The van der Waals surface area contributed by atoms with Crippen molar-refractivity contribution >= 4 is 17.5 Å². The van der Waals surface area contributed by atoms with E-state index in [9.17, 15) is 22.8 Å². The van der Waals surface area contributed by atoms with Gasteiger partial charge in [-0.05, 0) is 39.3 Å². The van der Waals surface area contributed by atoms with Gasteiger partial charge in [0.2, 0.25) is 11.8 Å². The first kappa shape index (κ1) is 18.0. The van der Waals surface area contributed by atoms with Crippen molar-refractivity contribution in [3.8, 4) is 0 Å². The highest BCUT2D eigenvalue weighted by atomic mass is 19.2. The zero-order valence-electron chi connectivity index (χ0n) is 12.9. The molecule has 0 aliphatic heterocycles. The summed E-state index contributed by atoms with van der Waals surface area (Å²) in [6.07, 6.45) is 0.682. The molecule has 1 unspecified atom stereocenters. The van der Waals surface area contributed by atoms with E-state index in [0.717, 1.165) is 6.07 Å². The summed E-state index contributed by atoms with van der Waals surface area (Å²) in [5, 5.41) is 4.75. The maximum Gasteiger partial charge on any atom is 0.239 e. The number of anilines is 1. The molecular weight excluding hydrogens is 297 g/mol. The van der Waals surface area contributed by atoms with E-state index in [1.54, 1.807) is 6.92 Å². The Balaban J connectivity index is 2.92. The fourth-order valence-electron chi connectivity index (χ4n) is 1.51. The lowest BCUT2D eigenvalue weighted by Gasteiger charge is -2.24. The number of amides is 2. The van der Waals surface area contributed by atoms with Gasteiger partial charge < -0.3 is 10.6 Å². The maximum absolute atomic E-state index is 13.5. The van der Waals surface area contributed by atoms with Gasteiger partial charge in [0.15, 0.2) is 17.5 Å². The van der Waals surface area contributed by atoms with Gasteiger partial charge >= 0.3 is 0 Å². The summed E-state index contributed by atoms with van der Waals surface area (Å²) in [7, 11) is 0. The molecule has 2 amide bonds. The number of carbonyl (C=O) groups excluding carboxylic acids is 2. The van der Waals surface area contributed by atoms with Crippen molar-refractivity contribution in [1.82, 2.24) is 5.32 Å². The summed E-state index contributed by atoms with van der Waals surface area (Å²) in [6, 6.07) is 1.47. The molecule has 1 aromatic carbocycles. The van der Waals surface area contributed by atoms with Crippen LogP contribution in [0.25, 0.3) is 0 Å². The van der Waals surface area contributed by atoms with Crippen LogP contribution in [0.2, 0.25) is 0 Å². The zero-order valence-corrected chi connectivity index (χ0v) is 12.9. The molecule has 0 spiro atoms. The minimum absolute atomic E-state index is 0.125. The Morgan fingerprint density at radius 1 is 1.14 bits per heavy atom. The molecule has 0 aliphatic rings. The van der Waals surface area contributed by atoms with Crippen LogP contribution in [0.3, 0.4) is 0 Å². The number of halogens is 3. The molecule has 7 heteroatoms. The summed E-state index contributed by atoms with van der Waals surface area (Å²) in [6.45, 7) is 6.37. The highest BCUT2D eigenvalue weighted by Gasteiger charge is 2.37. The Kier molecular flexibility index (Phi) is 5.57. The van der Waals surface area contributed by atoms with Crippen molar-refractivity contribution < 1.29 is 22.8 Å². The van der Waals surface area contributed by atoms with E-state index >= 15 is 0 Å². The molecule has 1 rings (SSSR count). The number of rotatable bonds is 5. The molecule has 0 radical (unpaired) electrons. The summed E-state index contributed by atoms with van der Waals surface area (Å²) in [5.41, 5.74) is -2.02. The third kappa shape index (κ3) is 3.78. The smallest absolute Gasteiger partial charge is 0.239 e. The van der Waals surface area contributed by atoms with E-state index in [1.165, 1.54) is 13.8 Å². The minimum Gasteiger partial charge on any atom is -0.353 e. The molecule has 1 atom stereocenters. The standard InChI is InChI=1S/C15H19F3N2O2/c1-5-8(2)19-13(21)15(3,4)14(22)20-10-7-6-9(16)11(17)12(10)18/h6-8H,5H2,1-4H3,(H,19,21)(H,20,22). The lowest BCUT2D eigenvalue weighted by atomic mass is 9.90. The summed E-state index contributed by atoms with van der Waals surface area (Å²) in [5.74, 6) is -5.91. The maximum atomic E-state index is 13.5. The van der Waals surface area contributed by atoms with Crippen molar-refractivity contribution in [2.24, 2.45) is 5.41 Å². The normalized spacial score (nSPS) is 12.7. The van der Waals surface area contributed by atoms with Crippen molar-refractivity contribution in [2.45, 2.75) is 40.2 Å². The summed E-state index contributed by atoms with van der Waals surface area (Å²) >= 11 is 0. The van der Waals surface area contributed by atoms with Crippen LogP contribution >= 0.6 is 0 Å². The van der Waals surface area contributed by atoms with Crippen LogP contribution in [0.4, 0.5) is 18.9 Å². The van der Waals surface area contributed by atoms with Gasteiger partial charge in [0, 0.05) is 6.04 Å². The number of nitrogens with one attached hydrogen (secondary N) is 2. The van der Waals surface area contributed by atoms with Crippen molar-refractivity contribution in [1.29, 1.82) is 0 Å². The first-order valence-electron chi connectivity index (χ1n) is 6.87. The average Bonchev–Trinajstić information content (AvgIpc) is 2.47. The highest BCUT2D eigenvalue weighted by molar-refractivity contribution is 6.09. The second-order valence-corrected chi connectivity index (χ2v) is 5.58. The van der Waals surface area contributed by atoms with Gasteiger partial charge in [0.1, 0.15) is 5.41 Å². The molecular formula is C15H19F3N2O2. The second-order valence-electron chi connectivity index (χ2n) is 5.58. The largest absolute Gasteiger partial charge is 0.353 e. The van der Waals surface area contributed by atoms with Gasteiger partial charge in [-0.3, -0.25) is 9.59 Å². The number of hydrogen-bond acceptors (Lipinski definition) is 2. The number of hydrogen-bond donors (Lipinski definition) is 2. The van der Waals surface area contributed by atoms with Gasteiger partial charge in [-0.1, -0.05) is 6.92 Å². The molecule has 0 bridgehead atoms. The second kappa shape index (κ2) is 6.81. The van der Waals surface area contributed by atoms with E-state index in [1.807, 2.05) is 6.92 Å². The SMILES string of the molecule is CCC(C)NC(=O)C(C)(C)C(=O)Nc1ccc(F)c(F)c1F. The third-order valence-corrected chi connectivity index (χ3v) is 3.41. The van der Waals surface area contributed by atoms with Crippen LogP contribution in [0, 0.1) is 22.9 Å². The Labute approximate surface area is 127 Å². The van der Waals surface area contributed by atoms with Crippen LogP contribution < -0.4 is 10.6 Å². The van der Waals surface area contributed by atoms with Crippen LogP contribution in [-0.4, -0.2) is 17.9 Å². The van der Waals surface area contributed by atoms with Gasteiger partial charge in [0.05, 0.1) is 5.69 Å². The lowest BCUT2D eigenvalue weighted by molar-refractivity contribution is -0.138. The van der Waals surface area contributed by atoms with E-state index < -0.39 is 40.4 Å². The molecule has 0 saturated carbocycles. The number of benzene rings is 1. The Morgan fingerprint density at radius 3 is 2.27 bits per heavy atom. The quantitative estimate of drug-likeness (QED) is 0.648. The van der Waals surface area contributed by atoms with E-state index in [2.05, 4.69) is 10.6 Å². The summed E-state index contributed by atoms with van der Waals surface area (Å²) < 4.78 is 39.5. The van der Waals surface area contributed by atoms with E-state index in [-0.39, 0.29) is 6.04 Å². The Bertz CT molecular complexity index is 588. The van der Waals surface area contributed by atoms with Crippen LogP contribution in [0.5, 0.6) is 0 Å². The predicted molar refractivity (Wildman–Crippen MR) is 76.6 cm³/mol. The van der Waals surface area contributed by atoms with Crippen LogP contribution in [0.1, 0.15) is 34.1 Å². The van der Waals surface area contributed by atoms with Gasteiger partial charge in [-0.15, -0.1) is 0 Å². The minimum atomic E-state index is -1.68. The van der Waals surface area contributed by atoms with Crippen LogP contribution in [0.15, 0.2) is 12.1 Å². The van der Waals surface area contributed by atoms with Crippen molar-refractivity contribution in [3.63, 3.8) is 0 Å². The number of carbonyl (C=O) groups is 2. The first-order valence-corrected chi connectivity index (χ1v) is 6.87. The van der Waals surface area contributed by atoms with Gasteiger partial charge in [0.25, 0.3) is 0 Å². The molecule has 0 aromatic heterocycles. The Morgan fingerprint density at radius 2 is 1.73 bits per heavy atom. The zero-order chi connectivity index (χ0) is 17.1. The molecule has 4 nitrogen and oxygen atoms in total. The molecule has 0 fully saturated rings. The van der Waals surface area contributed by atoms with Crippen LogP contribution in [-0.2, 0) is 9.59 Å².